The molecule has 3 rings (SSSR count). The number of carbonyl (C=O) groups excluding carboxylic acids is 1. The molecule has 4 nitrogen and oxygen atoms in total. The molecule has 1 unspecified atom stereocenters. The first-order valence-electron chi connectivity index (χ1n) is 5.67. The standard InChI is InChI=1S/C13H13N3O/c1-8-6-12-10(13(17)15-8)7-11(16-12)9-2-4-14-5-3-9/h2-5,7-8,16H,6H2,1H3,(H,15,17). The molecule has 0 aliphatic carbocycles. The number of nitrogens with one attached hydrogen (secondary N) is 2. The first kappa shape index (κ1) is 10.1. The van der Waals surface area contributed by atoms with Crippen molar-refractivity contribution >= 4 is 5.91 Å². The second kappa shape index (κ2) is 3.73. The van der Waals surface area contributed by atoms with Crippen LogP contribution in [0.15, 0.2) is 30.6 Å². The van der Waals surface area contributed by atoms with E-state index in [1.54, 1.807) is 12.4 Å². The van der Waals surface area contributed by atoms with Crippen LogP contribution in [-0.4, -0.2) is 21.9 Å². The summed E-state index contributed by atoms with van der Waals surface area (Å²) in [5, 5.41) is 2.93. The molecule has 0 radical (unpaired) electrons. The van der Waals surface area contributed by atoms with Crippen LogP contribution in [0.3, 0.4) is 0 Å². The zero-order valence-electron chi connectivity index (χ0n) is 9.53. The minimum atomic E-state index is 0.00954. The Bertz CT molecular complexity index is 559. The molecule has 1 atom stereocenters. The Morgan fingerprint density at radius 2 is 2.12 bits per heavy atom. The number of pyridine rings is 1. The van der Waals surface area contributed by atoms with Gasteiger partial charge in [0.1, 0.15) is 0 Å². The zero-order valence-corrected chi connectivity index (χ0v) is 9.53. The van der Waals surface area contributed by atoms with Gasteiger partial charge in [-0.2, -0.15) is 0 Å². The maximum Gasteiger partial charge on any atom is 0.253 e. The van der Waals surface area contributed by atoms with Gasteiger partial charge in [-0.25, -0.2) is 0 Å². The van der Waals surface area contributed by atoms with E-state index >= 15 is 0 Å². The summed E-state index contributed by atoms with van der Waals surface area (Å²) in [4.78, 5) is 19.1. The summed E-state index contributed by atoms with van der Waals surface area (Å²) in [6.45, 7) is 2.01. The third-order valence-electron chi connectivity index (χ3n) is 3.02. The molecule has 2 aromatic heterocycles. The van der Waals surface area contributed by atoms with Gasteiger partial charge in [-0.05, 0) is 25.1 Å². The molecule has 17 heavy (non-hydrogen) atoms. The van der Waals surface area contributed by atoms with Crippen LogP contribution >= 0.6 is 0 Å². The van der Waals surface area contributed by atoms with Crippen LogP contribution in [0.1, 0.15) is 23.0 Å². The molecule has 4 heteroatoms. The van der Waals surface area contributed by atoms with Crippen LogP contribution in [-0.2, 0) is 6.42 Å². The molecule has 1 aliphatic rings. The smallest absolute Gasteiger partial charge is 0.253 e. The Labute approximate surface area is 99.1 Å². The molecule has 0 bridgehead atoms. The van der Waals surface area contributed by atoms with Gasteiger partial charge in [0.2, 0.25) is 0 Å². The lowest BCUT2D eigenvalue weighted by atomic mass is 10.0. The van der Waals surface area contributed by atoms with E-state index in [0.29, 0.717) is 0 Å². The van der Waals surface area contributed by atoms with Gasteiger partial charge in [0.15, 0.2) is 0 Å². The van der Waals surface area contributed by atoms with Gasteiger partial charge >= 0.3 is 0 Å². The van der Waals surface area contributed by atoms with Crippen LogP contribution in [0.2, 0.25) is 0 Å². The topological polar surface area (TPSA) is 57.8 Å². The minimum Gasteiger partial charge on any atom is -0.358 e. The fraction of sp³-hybridized carbons (Fsp3) is 0.231. The summed E-state index contributed by atoms with van der Waals surface area (Å²) in [6, 6.07) is 5.96. The molecular weight excluding hydrogens is 214 g/mol. The number of carbonyl (C=O) groups is 1. The van der Waals surface area contributed by atoms with E-state index in [9.17, 15) is 4.79 Å². The number of rotatable bonds is 1. The molecule has 3 heterocycles. The maximum atomic E-state index is 11.8. The summed E-state index contributed by atoms with van der Waals surface area (Å²) >= 11 is 0. The molecule has 86 valence electrons. The van der Waals surface area contributed by atoms with E-state index in [1.807, 2.05) is 25.1 Å². The summed E-state index contributed by atoms with van der Waals surface area (Å²) in [7, 11) is 0. The largest absolute Gasteiger partial charge is 0.358 e. The van der Waals surface area contributed by atoms with E-state index in [1.165, 1.54) is 0 Å². The zero-order chi connectivity index (χ0) is 11.8. The number of aromatic nitrogens is 2. The van der Waals surface area contributed by atoms with Crippen molar-refractivity contribution in [3.63, 3.8) is 0 Å². The number of fused-ring (bicyclic) bond motifs is 1. The van der Waals surface area contributed by atoms with E-state index in [2.05, 4.69) is 15.3 Å². The molecule has 0 saturated heterocycles. The van der Waals surface area contributed by atoms with Gasteiger partial charge in [0.05, 0.1) is 5.56 Å². The summed E-state index contributed by atoms with van der Waals surface area (Å²) in [6.07, 6.45) is 4.35. The van der Waals surface area contributed by atoms with E-state index in [4.69, 9.17) is 0 Å². The first-order valence-corrected chi connectivity index (χ1v) is 5.67. The van der Waals surface area contributed by atoms with Crippen LogP contribution < -0.4 is 5.32 Å². The molecule has 2 aromatic rings. The van der Waals surface area contributed by atoms with Crippen LogP contribution in [0.5, 0.6) is 0 Å². The number of nitrogens with zero attached hydrogens (tertiary/aromatic N) is 1. The Morgan fingerprint density at radius 3 is 2.88 bits per heavy atom. The fourth-order valence-corrected chi connectivity index (χ4v) is 2.21. The monoisotopic (exact) mass is 227 g/mol. The number of aromatic amines is 1. The fourth-order valence-electron chi connectivity index (χ4n) is 2.21. The highest BCUT2D eigenvalue weighted by Crippen LogP contribution is 2.24. The van der Waals surface area contributed by atoms with Gasteiger partial charge in [0.25, 0.3) is 5.91 Å². The lowest BCUT2D eigenvalue weighted by Crippen LogP contribution is -2.38. The van der Waals surface area contributed by atoms with Gasteiger partial charge in [-0.1, -0.05) is 0 Å². The SMILES string of the molecule is CC1Cc2[nH]c(-c3ccncc3)cc2C(=O)N1. The quantitative estimate of drug-likeness (QED) is 0.779. The third-order valence-corrected chi connectivity index (χ3v) is 3.02. The predicted octanol–water partition coefficient (Wildman–Crippen LogP) is 1.75. The Kier molecular flexibility index (Phi) is 2.21. The molecule has 0 spiro atoms. The number of amides is 1. The molecule has 0 fully saturated rings. The Hall–Kier alpha value is -2.10. The highest BCUT2D eigenvalue weighted by atomic mass is 16.1. The second-order valence-corrected chi connectivity index (χ2v) is 4.39. The number of hydrogen-bond donors (Lipinski definition) is 2. The van der Waals surface area contributed by atoms with Crippen molar-refractivity contribution in [3.05, 3.63) is 41.9 Å². The first-order chi connectivity index (χ1) is 8.24. The third kappa shape index (κ3) is 1.71. The second-order valence-electron chi connectivity index (χ2n) is 4.39. The van der Waals surface area contributed by atoms with Gasteiger partial charge in [0, 0.05) is 41.8 Å². The van der Waals surface area contributed by atoms with E-state index in [-0.39, 0.29) is 11.9 Å². The lowest BCUT2D eigenvalue weighted by molar-refractivity contribution is 0.0929. The van der Waals surface area contributed by atoms with Crippen molar-refractivity contribution in [1.29, 1.82) is 0 Å². The van der Waals surface area contributed by atoms with Crippen LogP contribution in [0.4, 0.5) is 0 Å². The molecule has 1 amide bonds. The molecule has 0 saturated carbocycles. The Balaban J connectivity index is 2.06. The van der Waals surface area contributed by atoms with Gasteiger partial charge < -0.3 is 10.3 Å². The minimum absolute atomic E-state index is 0.00954. The van der Waals surface area contributed by atoms with Crippen LogP contribution in [0, 0.1) is 0 Å². The average Bonchev–Trinajstić information content (AvgIpc) is 2.74. The van der Waals surface area contributed by atoms with Crippen molar-refractivity contribution in [2.75, 3.05) is 0 Å². The van der Waals surface area contributed by atoms with E-state index < -0.39 is 0 Å². The maximum absolute atomic E-state index is 11.8. The molecule has 0 aromatic carbocycles. The van der Waals surface area contributed by atoms with Gasteiger partial charge in [-0.15, -0.1) is 0 Å². The highest BCUT2D eigenvalue weighted by molar-refractivity contribution is 5.98. The lowest BCUT2D eigenvalue weighted by Gasteiger charge is -2.19. The van der Waals surface area contributed by atoms with Crippen molar-refractivity contribution in [1.82, 2.24) is 15.3 Å². The summed E-state index contributed by atoms with van der Waals surface area (Å²) in [5.41, 5.74) is 3.81. The molecular formula is C13H13N3O. The van der Waals surface area contributed by atoms with Crippen molar-refractivity contribution in [2.45, 2.75) is 19.4 Å². The molecule has 2 N–H and O–H groups in total. The summed E-state index contributed by atoms with van der Waals surface area (Å²) < 4.78 is 0. The predicted molar refractivity (Wildman–Crippen MR) is 64.7 cm³/mol. The number of H-pyrrole nitrogens is 1. The normalized spacial score (nSPS) is 18.6. The Morgan fingerprint density at radius 1 is 1.35 bits per heavy atom. The van der Waals surface area contributed by atoms with Crippen molar-refractivity contribution in [2.24, 2.45) is 0 Å². The van der Waals surface area contributed by atoms with Crippen molar-refractivity contribution in [3.8, 4) is 11.3 Å². The number of hydrogen-bond acceptors (Lipinski definition) is 2. The van der Waals surface area contributed by atoms with Crippen LogP contribution in [0.25, 0.3) is 11.3 Å². The highest BCUT2D eigenvalue weighted by Gasteiger charge is 2.23. The molecule has 1 aliphatic heterocycles. The van der Waals surface area contributed by atoms with Crippen molar-refractivity contribution < 1.29 is 4.79 Å². The van der Waals surface area contributed by atoms with E-state index in [0.717, 1.165) is 28.9 Å². The van der Waals surface area contributed by atoms with Gasteiger partial charge in [-0.3, -0.25) is 9.78 Å². The summed E-state index contributed by atoms with van der Waals surface area (Å²) in [5.74, 6) is 0.00954. The average molecular weight is 227 g/mol.